The topological polar surface area (TPSA) is 82.2 Å². The van der Waals surface area contributed by atoms with Crippen molar-refractivity contribution in [3.63, 3.8) is 0 Å². The first-order valence-electron chi connectivity index (χ1n) is 5.84. The molecule has 0 atom stereocenters. The molecule has 1 amide bonds. The number of carbonyl (C=O) groups excluding carboxylic acids is 1. The lowest BCUT2D eigenvalue weighted by Crippen LogP contribution is -2.22. The molecule has 0 saturated heterocycles. The van der Waals surface area contributed by atoms with Gasteiger partial charge in [0.2, 0.25) is 0 Å². The predicted octanol–water partition coefficient (Wildman–Crippen LogP) is 1.33. The Bertz CT molecular complexity index is 578. The monoisotopic (exact) mass is 260 g/mol. The van der Waals surface area contributed by atoms with Crippen LogP contribution in [0.2, 0.25) is 0 Å². The van der Waals surface area contributed by atoms with E-state index in [2.05, 4.69) is 10.4 Å². The first kappa shape index (κ1) is 12.9. The molecule has 0 aliphatic heterocycles. The van der Waals surface area contributed by atoms with Gasteiger partial charge in [0.05, 0.1) is 11.4 Å². The number of nitrogens with one attached hydrogen (secondary N) is 1. The second-order valence-corrected chi connectivity index (χ2v) is 4.12. The summed E-state index contributed by atoms with van der Waals surface area (Å²) in [7, 11) is 1.72. The summed E-state index contributed by atoms with van der Waals surface area (Å²) in [5, 5.41) is 6.80. The van der Waals surface area contributed by atoms with Crippen molar-refractivity contribution in [1.82, 2.24) is 9.78 Å². The van der Waals surface area contributed by atoms with Crippen LogP contribution in [0.25, 0.3) is 0 Å². The average molecular weight is 260 g/mol. The summed E-state index contributed by atoms with van der Waals surface area (Å²) >= 11 is 0. The highest BCUT2D eigenvalue weighted by Gasteiger charge is 2.13. The average Bonchev–Trinajstić information content (AvgIpc) is 2.64. The highest BCUT2D eigenvalue weighted by molar-refractivity contribution is 5.94. The molecule has 6 heteroatoms. The summed E-state index contributed by atoms with van der Waals surface area (Å²) in [5.74, 6) is 0.851. The third-order valence-corrected chi connectivity index (χ3v) is 2.64. The maximum absolute atomic E-state index is 11.8. The Balaban J connectivity index is 1.95. The Kier molecular flexibility index (Phi) is 3.70. The van der Waals surface area contributed by atoms with Gasteiger partial charge in [-0.2, -0.15) is 5.10 Å². The van der Waals surface area contributed by atoms with Crippen LogP contribution in [0.3, 0.4) is 0 Å². The van der Waals surface area contributed by atoms with Crippen molar-refractivity contribution in [3.05, 3.63) is 36.0 Å². The van der Waals surface area contributed by atoms with Crippen molar-refractivity contribution in [1.29, 1.82) is 0 Å². The third-order valence-electron chi connectivity index (χ3n) is 2.64. The van der Waals surface area contributed by atoms with Gasteiger partial charge >= 0.3 is 0 Å². The van der Waals surface area contributed by atoms with Gasteiger partial charge in [0, 0.05) is 7.05 Å². The molecule has 0 aliphatic carbocycles. The van der Waals surface area contributed by atoms with Crippen LogP contribution in [0.4, 0.5) is 11.5 Å². The minimum Gasteiger partial charge on any atom is -0.484 e. The van der Waals surface area contributed by atoms with Crippen LogP contribution in [-0.4, -0.2) is 22.3 Å². The Morgan fingerprint density at radius 2 is 2.11 bits per heavy atom. The second kappa shape index (κ2) is 5.43. The van der Waals surface area contributed by atoms with Gasteiger partial charge < -0.3 is 15.8 Å². The molecule has 1 aromatic carbocycles. The van der Waals surface area contributed by atoms with E-state index in [0.29, 0.717) is 22.9 Å². The number of nitrogen functional groups attached to an aromatic ring is 1. The van der Waals surface area contributed by atoms with Gasteiger partial charge in [-0.25, -0.2) is 0 Å². The van der Waals surface area contributed by atoms with Crippen molar-refractivity contribution in [3.8, 4) is 5.75 Å². The fourth-order valence-electron chi connectivity index (χ4n) is 1.66. The Labute approximate surface area is 111 Å². The van der Waals surface area contributed by atoms with E-state index in [0.717, 1.165) is 0 Å². The molecule has 19 heavy (non-hydrogen) atoms. The van der Waals surface area contributed by atoms with Crippen LogP contribution in [0, 0.1) is 6.92 Å². The predicted molar refractivity (Wildman–Crippen MR) is 72.9 cm³/mol. The summed E-state index contributed by atoms with van der Waals surface area (Å²) in [5.41, 5.74) is 6.97. The molecule has 6 nitrogen and oxygen atoms in total. The van der Waals surface area contributed by atoms with E-state index in [1.807, 2.05) is 18.2 Å². The molecule has 3 N–H and O–H groups in total. The van der Waals surface area contributed by atoms with E-state index < -0.39 is 0 Å². The molecular weight excluding hydrogens is 244 g/mol. The van der Waals surface area contributed by atoms with Gasteiger partial charge in [-0.3, -0.25) is 9.48 Å². The van der Waals surface area contributed by atoms with Gasteiger partial charge in [-0.1, -0.05) is 18.2 Å². The zero-order valence-corrected chi connectivity index (χ0v) is 10.9. The minimum absolute atomic E-state index is 0.0757. The summed E-state index contributed by atoms with van der Waals surface area (Å²) in [4.78, 5) is 11.8. The van der Waals surface area contributed by atoms with Gasteiger partial charge in [0.15, 0.2) is 12.4 Å². The lowest BCUT2D eigenvalue weighted by molar-refractivity contribution is -0.118. The number of carbonyl (C=O) groups is 1. The van der Waals surface area contributed by atoms with E-state index in [4.69, 9.17) is 10.5 Å². The lowest BCUT2D eigenvalue weighted by atomic mass is 10.3. The molecule has 1 aromatic heterocycles. The number of aromatic nitrogens is 2. The molecular formula is C13H16N4O2. The molecule has 0 radical (unpaired) electrons. The molecule has 0 unspecified atom stereocenters. The number of anilines is 2. The number of amides is 1. The molecule has 0 bridgehead atoms. The number of aryl methyl sites for hydroxylation is 2. The van der Waals surface area contributed by atoms with Crippen molar-refractivity contribution in [2.45, 2.75) is 6.92 Å². The second-order valence-electron chi connectivity index (χ2n) is 4.12. The summed E-state index contributed by atoms with van der Waals surface area (Å²) in [6.07, 6.45) is 0. The Morgan fingerprint density at radius 1 is 1.42 bits per heavy atom. The SMILES string of the molecule is Cc1nn(C)c(NC(=O)COc2ccccc2)c1N. The van der Waals surface area contributed by atoms with Crippen LogP contribution >= 0.6 is 0 Å². The molecule has 2 aromatic rings. The first-order chi connectivity index (χ1) is 9.08. The maximum atomic E-state index is 11.8. The van der Waals surface area contributed by atoms with Gasteiger partial charge in [-0.05, 0) is 19.1 Å². The normalized spacial score (nSPS) is 10.2. The van der Waals surface area contributed by atoms with E-state index in [9.17, 15) is 4.79 Å². The van der Waals surface area contributed by atoms with Crippen LogP contribution in [0.15, 0.2) is 30.3 Å². The van der Waals surface area contributed by atoms with Crippen LogP contribution in [0.5, 0.6) is 5.75 Å². The van der Waals surface area contributed by atoms with Gasteiger partial charge in [0.1, 0.15) is 5.75 Å². The number of benzene rings is 1. The van der Waals surface area contributed by atoms with E-state index in [1.54, 1.807) is 26.1 Å². The quantitative estimate of drug-likeness (QED) is 0.868. The van der Waals surface area contributed by atoms with E-state index in [-0.39, 0.29) is 12.5 Å². The number of rotatable bonds is 4. The molecule has 2 rings (SSSR count). The van der Waals surface area contributed by atoms with Gasteiger partial charge in [0.25, 0.3) is 5.91 Å². The van der Waals surface area contributed by atoms with Gasteiger partial charge in [-0.15, -0.1) is 0 Å². The fourth-order valence-corrected chi connectivity index (χ4v) is 1.66. The largest absolute Gasteiger partial charge is 0.484 e. The number of para-hydroxylation sites is 1. The smallest absolute Gasteiger partial charge is 0.263 e. The summed E-state index contributed by atoms with van der Waals surface area (Å²) < 4.78 is 6.88. The van der Waals surface area contributed by atoms with Crippen molar-refractivity contribution in [2.24, 2.45) is 7.05 Å². The van der Waals surface area contributed by atoms with Crippen molar-refractivity contribution >= 4 is 17.4 Å². The number of hydrogen-bond donors (Lipinski definition) is 2. The van der Waals surface area contributed by atoms with E-state index >= 15 is 0 Å². The number of nitrogens with two attached hydrogens (primary N) is 1. The number of nitrogens with zero attached hydrogens (tertiary/aromatic N) is 2. The molecule has 0 aliphatic rings. The molecule has 100 valence electrons. The van der Waals surface area contributed by atoms with Crippen LogP contribution in [-0.2, 0) is 11.8 Å². The van der Waals surface area contributed by atoms with Crippen LogP contribution < -0.4 is 15.8 Å². The molecule has 1 heterocycles. The summed E-state index contributed by atoms with van der Waals surface area (Å²) in [6.45, 7) is 1.71. The Hall–Kier alpha value is -2.50. The highest BCUT2D eigenvalue weighted by atomic mass is 16.5. The number of hydrogen-bond acceptors (Lipinski definition) is 4. The van der Waals surface area contributed by atoms with E-state index in [1.165, 1.54) is 4.68 Å². The molecule has 0 saturated carbocycles. The molecule has 0 fully saturated rings. The Morgan fingerprint density at radius 3 is 2.68 bits per heavy atom. The standard InChI is InChI=1S/C13H16N4O2/c1-9-12(14)13(17(2)16-9)15-11(18)8-19-10-6-4-3-5-7-10/h3-7H,8,14H2,1-2H3,(H,15,18). The zero-order valence-electron chi connectivity index (χ0n) is 10.9. The lowest BCUT2D eigenvalue weighted by Gasteiger charge is -2.08. The number of ether oxygens (including phenoxy) is 1. The maximum Gasteiger partial charge on any atom is 0.263 e. The summed E-state index contributed by atoms with van der Waals surface area (Å²) in [6, 6.07) is 9.14. The first-order valence-corrected chi connectivity index (χ1v) is 5.84. The van der Waals surface area contributed by atoms with Crippen LogP contribution in [0.1, 0.15) is 5.69 Å². The fraction of sp³-hybridized carbons (Fsp3) is 0.231. The minimum atomic E-state index is -0.279. The molecule has 0 spiro atoms. The zero-order chi connectivity index (χ0) is 13.8. The van der Waals surface area contributed by atoms with Crippen molar-refractivity contribution in [2.75, 3.05) is 17.7 Å². The highest BCUT2D eigenvalue weighted by Crippen LogP contribution is 2.20. The van der Waals surface area contributed by atoms with Crippen molar-refractivity contribution < 1.29 is 9.53 Å². The third kappa shape index (κ3) is 3.04.